The van der Waals surface area contributed by atoms with E-state index in [1.807, 2.05) is 36.7 Å². The van der Waals surface area contributed by atoms with Crippen LogP contribution in [0.3, 0.4) is 0 Å². The Bertz CT molecular complexity index is 991. The van der Waals surface area contributed by atoms with Gasteiger partial charge in [0, 0.05) is 38.1 Å². The smallest absolute Gasteiger partial charge is 0.194 e. The van der Waals surface area contributed by atoms with Gasteiger partial charge in [0.15, 0.2) is 11.8 Å². The molecule has 9 heteroatoms. The van der Waals surface area contributed by atoms with Crippen LogP contribution in [0.1, 0.15) is 16.5 Å². The summed E-state index contributed by atoms with van der Waals surface area (Å²) < 4.78 is 1.97. The summed E-state index contributed by atoms with van der Waals surface area (Å²) in [5.41, 5.74) is 0.886. The molecule has 1 aliphatic heterocycles. The maximum absolute atomic E-state index is 10.2. The van der Waals surface area contributed by atoms with Crippen molar-refractivity contribution in [2.45, 2.75) is 20.0 Å². The number of piperazine rings is 1. The number of aryl methyl sites for hydroxylation is 1. The van der Waals surface area contributed by atoms with Gasteiger partial charge in [0.1, 0.15) is 18.1 Å². The first-order chi connectivity index (χ1) is 14.6. The lowest BCUT2D eigenvalue weighted by Crippen LogP contribution is -2.52. The van der Waals surface area contributed by atoms with Gasteiger partial charge in [-0.3, -0.25) is 0 Å². The Kier molecular flexibility index (Phi) is 6.18. The normalized spacial score (nSPS) is 14.9. The average Bonchev–Trinajstić information content (AvgIpc) is 3.40. The third-order valence-corrected chi connectivity index (χ3v) is 6.23. The van der Waals surface area contributed by atoms with Crippen LogP contribution in [0, 0.1) is 6.92 Å². The number of thiophene rings is 1. The minimum absolute atomic E-state index is 0.327. The highest BCUT2D eigenvalue weighted by Crippen LogP contribution is 2.27. The number of nitrogens with zero attached hydrogens (tertiary/aromatic N) is 6. The Morgan fingerprint density at radius 2 is 1.93 bits per heavy atom. The third-order valence-electron chi connectivity index (χ3n) is 5.36. The van der Waals surface area contributed by atoms with Crippen molar-refractivity contribution in [3.05, 3.63) is 58.3 Å². The Balaban J connectivity index is 1.45. The van der Waals surface area contributed by atoms with Crippen LogP contribution in [-0.4, -0.2) is 56.9 Å². The molecule has 3 heterocycles. The van der Waals surface area contributed by atoms with Crippen molar-refractivity contribution >= 4 is 23.0 Å². The summed E-state index contributed by atoms with van der Waals surface area (Å²) in [5, 5.41) is 24.1. The van der Waals surface area contributed by atoms with Crippen molar-refractivity contribution in [2.24, 2.45) is 12.0 Å². The standard InChI is InChI=1S/C21H27N7OS/c1-16-24-25-20(26(16)2)15-23-21(22-14-17-6-5-13-30-17)28-11-9-27(10-12-28)18-7-3-4-8-19(18)29/h3-8,13,29H,9-12,14-15H2,1-2H3,(H,22,23). The Hall–Kier alpha value is -3.07. The highest BCUT2D eigenvalue weighted by Gasteiger charge is 2.21. The van der Waals surface area contributed by atoms with Crippen molar-refractivity contribution in [2.75, 3.05) is 31.1 Å². The molecule has 3 aromatic rings. The van der Waals surface area contributed by atoms with Gasteiger partial charge in [-0.15, -0.1) is 21.5 Å². The van der Waals surface area contributed by atoms with Crippen LogP contribution in [0.4, 0.5) is 5.69 Å². The zero-order valence-electron chi connectivity index (χ0n) is 17.3. The quantitative estimate of drug-likeness (QED) is 0.482. The van der Waals surface area contributed by atoms with Crippen LogP contribution in [0.25, 0.3) is 0 Å². The number of nitrogens with one attached hydrogen (secondary N) is 1. The molecule has 8 nitrogen and oxygen atoms in total. The number of phenolic OH excluding ortho intramolecular Hbond substituents is 1. The molecule has 2 aromatic heterocycles. The minimum Gasteiger partial charge on any atom is -0.506 e. The fourth-order valence-electron chi connectivity index (χ4n) is 3.47. The van der Waals surface area contributed by atoms with E-state index in [1.165, 1.54) is 4.88 Å². The first-order valence-electron chi connectivity index (χ1n) is 10.1. The van der Waals surface area contributed by atoms with Crippen molar-refractivity contribution in [3.8, 4) is 5.75 Å². The largest absolute Gasteiger partial charge is 0.506 e. The van der Waals surface area contributed by atoms with Gasteiger partial charge in [0.05, 0.1) is 12.2 Å². The van der Waals surface area contributed by atoms with Gasteiger partial charge in [-0.05, 0) is 30.5 Å². The molecule has 30 heavy (non-hydrogen) atoms. The molecular formula is C21H27N7OS. The molecule has 0 saturated carbocycles. The number of aliphatic imine (C=N–C) groups is 1. The van der Waals surface area contributed by atoms with Crippen LogP contribution in [0.5, 0.6) is 5.75 Å². The fraction of sp³-hybridized carbons (Fsp3) is 0.381. The molecule has 0 atom stereocenters. The lowest BCUT2D eigenvalue weighted by atomic mass is 10.2. The van der Waals surface area contributed by atoms with Crippen molar-refractivity contribution in [1.82, 2.24) is 25.0 Å². The first-order valence-corrected chi connectivity index (χ1v) is 10.9. The van der Waals surface area contributed by atoms with Crippen LogP contribution >= 0.6 is 11.3 Å². The summed E-state index contributed by atoms with van der Waals surface area (Å²) in [6, 6.07) is 11.7. The molecule has 0 amide bonds. The van der Waals surface area contributed by atoms with E-state index < -0.39 is 0 Å². The molecule has 0 aliphatic carbocycles. The molecule has 1 fully saturated rings. The number of hydrogen-bond acceptors (Lipinski definition) is 6. The summed E-state index contributed by atoms with van der Waals surface area (Å²) in [5.74, 6) is 2.93. The highest BCUT2D eigenvalue weighted by molar-refractivity contribution is 7.09. The number of para-hydroxylation sites is 2. The van der Waals surface area contributed by atoms with E-state index in [2.05, 4.69) is 42.8 Å². The number of phenols is 1. The predicted octanol–water partition coefficient (Wildman–Crippen LogP) is 2.36. The van der Waals surface area contributed by atoms with Crippen LogP contribution in [0.15, 0.2) is 46.8 Å². The zero-order chi connectivity index (χ0) is 20.9. The van der Waals surface area contributed by atoms with Crippen LogP contribution in [-0.2, 0) is 20.1 Å². The topological polar surface area (TPSA) is 81.8 Å². The molecule has 0 spiro atoms. The van der Waals surface area contributed by atoms with Crippen molar-refractivity contribution in [3.63, 3.8) is 0 Å². The van der Waals surface area contributed by atoms with Gasteiger partial charge < -0.3 is 24.8 Å². The Morgan fingerprint density at radius 3 is 2.60 bits per heavy atom. The second-order valence-corrected chi connectivity index (χ2v) is 8.29. The molecule has 0 unspecified atom stereocenters. The molecule has 2 N–H and O–H groups in total. The maximum atomic E-state index is 10.2. The molecule has 4 rings (SSSR count). The third kappa shape index (κ3) is 4.56. The minimum atomic E-state index is 0.327. The Labute approximate surface area is 180 Å². The van der Waals surface area contributed by atoms with Gasteiger partial charge >= 0.3 is 0 Å². The monoisotopic (exact) mass is 425 g/mol. The molecule has 0 bridgehead atoms. The van der Waals surface area contributed by atoms with Gasteiger partial charge in [0.2, 0.25) is 0 Å². The lowest BCUT2D eigenvalue weighted by molar-refractivity contribution is 0.368. The van der Waals surface area contributed by atoms with E-state index in [4.69, 9.17) is 4.99 Å². The van der Waals surface area contributed by atoms with Crippen molar-refractivity contribution < 1.29 is 5.11 Å². The van der Waals surface area contributed by atoms with Crippen molar-refractivity contribution in [1.29, 1.82) is 0 Å². The van der Waals surface area contributed by atoms with E-state index in [9.17, 15) is 5.11 Å². The number of rotatable bonds is 5. The van der Waals surface area contributed by atoms with Gasteiger partial charge in [-0.2, -0.15) is 0 Å². The second-order valence-electron chi connectivity index (χ2n) is 7.26. The summed E-state index contributed by atoms with van der Waals surface area (Å²) in [7, 11) is 1.96. The molecule has 158 valence electrons. The highest BCUT2D eigenvalue weighted by atomic mass is 32.1. The maximum Gasteiger partial charge on any atom is 0.194 e. The van der Waals surface area contributed by atoms with Gasteiger partial charge in [-0.25, -0.2) is 4.99 Å². The summed E-state index contributed by atoms with van der Waals surface area (Å²) in [6.07, 6.45) is 0. The SMILES string of the molecule is Cc1nnc(CN=C(NCc2cccs2)N2CCN(c3ccccc3O)CC2)n1C. The number of benzene rings is 1. The number of guanidine groups is 1. The van der Waals surface area contributed by atoms with E-state index >= 15 is 0 Å². The molecular weight excluding hydrogens is 398 g/mol. The number of aromatic nitrogens is 3. The summed E-state index contributed by atoms with van der Waals surface area (Å²) in [4.78, 5) is 10.6. The number of aromatic hydroxyl groups is 1. The van der Waals surface area contributed by atoms with Crippen LogP contribution in [0.2, 0.25) is 0 Å². The second kappa shape index (κ2) is 9.17. The number of hydrogen-bond donors (Lipinski definition) is 2. The van der Waals surface area contributed by atoms with E-state index in [0.717, 1.165) is 56.0 Å². The fourth-order valence-corrected chi connectivity index (χ4v) is 4.12. The zero-order valence-corrected chi connectivity index (χ0v) is 18.1. The molecule has 1 saturated heterocycles. The molecule has 1 aliphatic rings. The summed E-state index contributed by atoms with van der Waals surface area (Å²) in [6.45, 7) is 6.44. The molecule has 0 radical (unpaired) electrons. The van der Waals surface area contributed by atoms with Gasteiger partial charge in [0.25, 0.3) is 0 Å². The Morgan fingerprint density at radius 1 is 1.13 bits per heavy atom. The molecule has 1 aromatic carbocycles. The van der Waals surface area contributed by atoms with Gasteiger partial charge in [-0.1, -0.05) is 18.2 Å². The first kappa shape index (κ1) is 20.2. The van der Waals surface area contributed by atoms with E-state index in [-0.39, 0.29) is 0 Å². The average molecular weight is 426 g/mol. The lowest BCUT2D eigenvalue weighted by Gasteiger charge is -2.38. The van der Waals surface area contributed by atoms with E-state index in [1.54, 1.807) is 17.4 Å². The predicted molar refractivity (Wildman–Crippen MR) is 120 cm³/mol. The summed E-state index contributed by atoms with van der Waals surface area (Å²) >= 11 is 1.73. The van der Waals surface area contributed by atoms with E-state index in [0.29, 0.717) is 12.3 Å². The number of anilines is 1. The van der Waals surface area contributed by atoms with Crippen LogP contribution < -0.4 is 10.2 Å².